The molecule has 0 saturated carbocycles. The topological polar surface area (TPSA) is 55.6 Å². The van der Waals surface area contributed by atoms with Crippen LogP contribution in [0.4, 0.5) is 0 Å². The van der Waals surface area contributed by atoms with E-state index in [2.05, 4.69) is 56.7 Å². The maximum Gasteiger partial charge on any atom is 0.165 e. The number of nitrogens with one attached hydrogen (secondary N) is 1. The van der Waals surface area contributed by atoms with Gasteiger partial charge in [0.15, 0.2) is 5.82 Å². The van der Waals surface area contributed by atoms with Gasteiger partial charge in [0.05, 0.1) is 13.1 Å². The minimum absolute atomic E-state index is 0.618. The minimum atomic E-state index is 0.618. The smallest absolute Gasteiger partial charge is 0.165 e. The van der Waals surface area contributed by atoms with E-state index in [4.69, 9.17) is 0 Å². The number of benzene rings is 1. The second kappa shape index (κ2) is 6.77. The first kappa shape index (κ1) is 14.1. The molecule has 1 N–H and O–H groups in total. The summed E-state index contributed by atoms with van der Waals surface area (Å²) in [5, 5.41) is 15.2. The van der Waals surface area contributed by atoms with Gasteiger partial charge in [0.1, 0.15) is 0 Å². The van der Waals surface area contributed by atoms with Crippen LogP contribution in [0.3, 0.4) is 0 Å². The van der Waals surface area contributed by atoms with Crippen molar-refractivity contribution in [2.24, 2.45) is 5.92 Å². The van der Waals surface area contributed by atoms with Gasteiger partial charge in [-0.15, -0.1) is 5.10 Å². The number of nitrogens with zero attached hydrogens (tertiary/aromatic N) is 4. The van der Waals surface area contributed by atoms with E-state index in [0.717, 1.165) is 16.8 Å². The first-order valence-electron chi connectivity index (χ1n) is 6.36. The van der Waals surface area contributed by atoms with Gasteiger partial charge in [0, 0.05) is 4.47 Å². The Morgan fingerprint density at radius 2 is 2.11 bits per heavy atom. The van der Waals surface area contributed by atoms with Gasteiger partial charge in [0.25, 0.3) is 0 Å². The lowest BCUT2D eigenvalue weighted by atomic mass is 10.2. The van der Waals surface area contributed by atoms with Gasteiger partial charge < -0.3 is 5.32 Å². The fourth-order valence-electron chi connectivity index (χ4n) is 1.73. The van der Waals surface area contributed by atoms with Gasteiger partial charge in [-0.05, 0) is 34.5 Å². The number of hydrogen-bond donors (Lipinski definition) is 1. The third kappa shape index (κ3) is 4.11. The Balaban J connectivity index is 2.01. The molecule has 1 aromatic carbocycles. The highest BCUT2D eigenvalue weighted by molar-refractivity contribution is 9.10. The monoisotopic (exact) mass is 323 g/mol. The molecule has 0 aliphatic rings. The zero-order chi connectivity index (χ0) is 13.7. The number of halogens is 1. The van der Waals surface area contributed by atoms with Gasteiger partial charge in [-0.2, -0.15) is 0 Å². The van der Waals surface area contributed by atoms with Crippen molar-refractivity contribution in [1.29, 1.82) is 0 Å². The summed E-state index contributed by atoms with van der Waals surface area (Å²) in [6.45, 7) is 6.68. The van der Waals surface area contributed by atoms with E-state index in [1.54, 1.807) is 0 Å². The van der Waals surface area contributed by atoms with Crippen molar-refractivity contribution in [1.82, 2.24) is 25.5 Å². The molecule has 0 amide bonds. The van der Waals surface area contributed by atoms with Crippen LogP contribution in [0.25, 0.3) is 0 Å². The highest BCUT2D eigenvalue weighted by Gasteiger charge is 2.08. The molecular weight excluding hydrogens is 306 g/mol. The third-order valence-corrected chi connectivity index (χ3v) is 3.49. The molecular formula is C13H18BrN5. The summed E-state index contributed by atoms with van der Waals surface area (Å²) in [5.41, 5.74) is 1.17. The number of hydrogen-bond acceptors (Lipinski definition) is 4. The zero-order valence-electron chi connectivity index (χ0n) is 11.2. The lowest BCUT2D eigenvalue weighted by Crippen LogP contribution is -2.22. The van der Waals surface area contributed by atoms with Crippen LogP contribution in [0.2, 0.25) is 0 Å². The predicted molar refractivity (Wildman–Crippen MR) is 77.6 cm³/mol. The highest BCUT2D eigenvalue weighted by atomic mass is 79.9. The molecule has 0 aliphatic carbocycles. The molecule has 0 radical (unpaired) electrons. The summed E-state index contributed by atoms with van der Waals surface area (Å²) in [4.78, 5) is 0. The lowest BCUT2D eigenvalue weighted by molar-refractivity contribution is 0.523. The second-order valence-corrected chi connectivity index (χ2v) is 5.72. The highest BCUT2D eigenvalue weighted by Crippen LogP contribution is 2.16. The fourth-order valence-corrected chi connectivity index (χ4v) is 2.14. The van der Waals surface area contributed by atoms with Crippen LogP contribution in [-0.4, -0.2) is 26.8 Å². The molecule has 0 unspecified atom stereocenters. The maximum absolute atomic E-state index is 4.06. The van der Waals surface area contributed by atoms with E-state index >= 15 is 0 Å². The van der Waals surface area contributed by atoms with Gasteiger partial charge >= 0.3 is 0 Å². The summed E-state index contributed by atoms with van der Waals surface area (Å²) in [5.74, 6) is 1.48. The lowest BCUT2D eigenvalue weighted by Gasteiger charge is -2.08. The molecule has 1 heterocycles. The van der Waals surface area contributed by atoms with Gasteiger partial charge in [-0.25, -0.2) is 4.68 Å². The quantitative estimate of drug-likeness (QED) is 0.885. The fraction of sp³-hybridized carbons (Fsp3) is 0.462. The van der Waals surface area contributed by atoms with Crippen LogP contribution in [0.1, 0.15) is 25.2 Å². The molecule has 1 aromatic heterocycles. The molecule has 0 bridgehead atoms. The van der Waals surface area contributed by atoms with E-state index in [9.17, 15) is 0 Å². The first-order chi connectivity index (χ1) is 9.16. The van der Waals surface area contributed by atoms with E-state index in [0.29, 0.717) is 19.0 Å². The van der Waals surface area contributed by atoms with Crippen LogP contribution in [-0.2, 0) is 13.1 Å². The van der Waals surface area contributed by atoms with Gasteiger partial charge in [0.2, 0.25) is 0 Å². The number of rotatable bonds is 6. The van der Waals surface area contributed by atoms with E-state index in [1.165, 1.54) is 5.56 Å². The Bertz CT molecular complexity index is 523. The predicted octanol–water partition coefficient (Wildman–Crippen LogP) is 2.23. The summed E-state index contributed by atoms with van der Waals surface area (Å²) < 4.78 is 2.90. The Hall–Kier alpha value is -1.27. The number of tetrazole rings is 1. The van der Waals surface area contributed by atoms with E-state index in [1.807, 2.05) is 22.9 Å². The molecule has 102 valence electrons. The molecule has 0 fully saturated rings. The minimum Gasteiger partial charge on any atom is -0.310 e. The second-order valence-electron chi connectivity index (χ2n) is 4.87. The molecule has 5 nitrogen and oxygen atoms in total. The van der Waals surface area contributed by atoms with Crippen molar-refractivity contribution in [3.8, 4) is 0 Å². The standard InChI is InChI=1S/C13H18BrN5/c1-10(2)7-15-8-13-16-17-18-19(13)9-11-5-3-4-6-12(11)14/h3-6,10,15H,7-9H2,1-2H3. The normalized spacial score (nSPS) is 11.2. The van der Waals surface area contributed by atoms with E-state index < -0.39 is 0 Å². The van der Waals surface area contributed by atoms with Gasteiger partial charge in [-0.1, -0.05) is 48.0 Å². The SMILES string of the molecule is CC(C)CNCc1nnnn1Cc1ccccc1Br. The zero-order valence-corrected chi connectivity index (χ0v) is 12.8. The van der Waals surface area contributed by atoms with Crippen molar-refractivity contribution < 1.29 is 0 Å². The van der Waals surface area contributed by atoms with Crippen molar-refractivity contribution in [3.05, 3.63) is 40.1 Å². The Labute approximate surface area is 121 Å². The van der Waals surface area contributed by atoms with Crippen LogP contribution in [0.15, 0.2) is 28.7 Å². The summed E-state index contributed by atoms with van der Waals surface area (Å²) in [6.07, 6.45) is 0. The molecule has 0 spiro atoms. The maximum atomic E-state index is 4.06. The third-order valence-electron chi connectivity index (χ3n) is 2.72. The largest absolute Gasteiger partial charge is 0.310 e. The molecule has 0 saturated heterocycles. The summed E-state index contributed by atoms with van der Waals surface area (Å²) in [6, 6.07) is 8.10. The molecule has 19 heavy (non-hydrogen) atoms. The Kier molecular flexibility index (Phi) is 5.04. The van der Waals surface area contributed by atoms with Crippen molar-refractivity contribution in [2.45, 2.75) is 26.9 Å². The summed E-state index contributed by atoms with van der Waals surface area (Å²) >= 11 is 3.54. The van der Waals surface area contributed by atoms with Crippen LogP contribution in [0, 0.1) is 5.92 Å². The summed E-state index contributed by atoms with van der Waals surface area (Å²) in [7, 11) is 0. The van der Waals surface area contributed by atoms with Crippen LogP contribution < -0.4 is 5.32 Å². The van der Waals surface area contributed by atoms with E-state index in [-0.39, 0.29) is 0 Å². The molecule has 0 atom stereocenters. The van der Waals surface area contributed by atoms with Crippen molar-refractivity contribution in [2.75, 3.05) is 6.54 Å². The average Bonchev–Trinajstić information content (AvgIpc) is 2.79. The Morgan fingerprint density at radius 3 is 2.84 bits per heavy atom. The molecule has 2 rings (SSSR count). The Morgan fingerprint density at radius 1 is 1.32 bits per heavy atom. The average molecular weight is 324 g/mol. The first-order valence-corrected chi connectivity index (χ1v) is 7.15. The van der Waals surface area contributed by atoms with Crippen molar-refractivity contribution in [3.63, 3.8) is 0 Å². The molecule has 6 heteroatoms. The van der Waals surface area contributed by atoms with Crippen LogP contribution >= 0.6 is 15.9 Å². The van der Waals surface area contributed by atoms with Crippen molar-refractivity contribution >= 4 is 15.9 Å². The molecule has 2 aromatic rings. The number of aromatic nitrogens is 4. The molecule has 0 aliphatic heterocycles. The van der Waals surface area contributed by atoms with Crippen LogP contribution in [0.5, 0.6) is 0 Å². The van der Waals surface area contributed by atoms with Gasteiger partial charge in [-0.3, -0.25) is 0 Å².